The number of aromatic nitrogens is 3. The van der Waals surface area contributed by atoms with Crippen molar-refractivity contribution in [3.63, 3.8) is 0 Å². The first-order valence-electron chi connectivity index (χ1n) is 12.0. The highest BCUT2D eigenvalue weighted by atomic mass is 32.1. The molecule has 1 aliphatic carbocycles. The van der Waals surface area contributed by atoms with Gasteiger partial charge in [0.2, 0.25) is 0 Å². The number of nitrogens with two attached hydrogens (primary N) is 1. The fourth-order valence-electron chi connectivity index (χ4n) is 4.81. The summed E-state index contributed by atoms with van der Waals surface area (Å²) in [5.41, 5.74) is 16.6. The summed E-state index contributed by atoms with van der Waals surface area (Å²) in [6.45, 7) is 4.71. The average molecular weight is 497 g/mol. The molecule has 0 amide bonds. The minimum absolute atomic E-state index is 0.574. The lowest BCUT2D eigenvalue weighted by atomic mass is 10.0. The molecule has 2 aromatic carbocycles. The molecule has 36 heavy (non-hydrogen) atoms. The number of hydrogen-bond donors (Lipinski definition) is 1. The molecule has 4 aromatic rings. The highest BCUT2D eigenvalue weighted by Gasteiger charge is 2.33. The van der Waals surface area contributed by atoms with Crippen LogP contribution in [0.4, 0.5) is 5.82 Å². The van der Waals surface area contributed by atoms with Gasteiger partial charge in [0.15, 0.2) is 0 Å². The first-order valence-corrected chi connectivity index (χ1v) is 12.9. The second-order valence-corrected chi connectivity index (χ2v) is 10.3. The molecule has 0 radical (unpaired) electrons. The summed E-state index contributed by atoms with van der Waals surface area (Å²) in [5.74, 6) is 2.64. The molecule has 2 aliphatic rings. The Morgan fingerprint density at radius 3 is 2.72 bits per heavy atom. The average Bonchev–Trinajstić information content (AvgIpc) is 3.43. The Balaban J connectivity index is 1.41. The van der Waals surface area contributed by atoms with Crippen LogP contribution in [0.1, 0.15) is 33.2 Å². The Morgan fingerprint density at radius 2 is 1.97 bits per heavy atom. The van der Waals surface area contributed by atoms with Gasteiger partial charge in [-0.15, -0.1) is 11.3 Å². The Kier molecular flexibility index (Phi) is 5.70. The van der Waals surface area contributed by atoms with E-state index in [4.69, 9.17) is 20.4 Å². The van der Waals surface area contributed by atoms with Crippen LogP contribution >= 0.6 is 11.3 Å². The molecule has 0 atom stereocenters. The summed E-state index contributed by atoms with van der Waals surface area (Å²) >= 11 is 1.64. The van der Waals surface area contributed by atoms with Crippen molar-refractivity contribution in [3.05, 3.63) is 87.3 Å². The van der Waals surface area contributed by atoms with Gasteiger partial charge in [-0.25, -0.2) is 15.0 Å². The molecule has 0 unspecified atom stereocenters. The molecule has 182 valence electrons. The molecule has 8 heteroatoms. The van der Waals surface area contributed by atoms with Crippen molar-refractivity contribution in [3.8, 4) is 16.9 Å². The van der Waals surface area contributed by atoms with Crippen LogP contribution in [-0.4, -0.2) is 47.1 Å². The molecule has 0 saturated carbocycles. The first kappa shape index (κ1) is 22.7. The fourth-order valence-corrected chi connectivity index (χ4v) is 5.61. The molecule has 6 rings (SSSR count). The second kappa shape index (κ2) is 9.04. The zero-order valence-corrected chi connectivity index (χ0v) is 21.5. The highest BCUT2D eigenvalue weighted by molar-refractivity contribution is 7.12. The Bertz CT molecular complexity index is 1460. The Hall–Kier alpha value is -3.75. The van der Waals surface area contributed by atoms with E-state index in [1.807, 2.05) is 37.8 Å². The number of hydrogen-bond acceptors (Lipinski definition) is 8. The maximum absolute atomic E-state index is 6.57. The third-order valence-corrected chi connectivity index (χ3v) is 7.37. The summed E-state index contributed by atoms with van der Waals surface area (Å²) in [5, 5.41) is 0. The van der Waals surface area contributed by atoms with E-state index < -0.39 is 0 Å². The van der Waals surface area contributed by atoms with E-state index in [-0.39, 0.29) is 0 Å². The number of fused-ring (bicyclic) bond motifs is 2. The monoisotopic (exact) mass is 496 g/mol. The Morgan fingerprint density at radius 1 is 1.14 bits per heavy atom. The molecule has 0 fully saturated rings. The van der Waals surface area contributed by atoms with E-state index in [0.29, 0.717) is 19.7 Å². The SMILES string of the molecule is Cc1nc(CN(C)C)nc(N2CCOc3ccc(/C(N)=C4\c5ncsc54)cc3C2)c1-c1ccccc1. The standard InChI is InChI=1S/C28H28N6OS/c1-17-23(18-7-5-4-6-8-18)28(32-22(31-17)15-33(2)3)34-11-12-35-21-10-9-19(13-20(21)14-34)25(29)24-26-27(24)36-16-30-26/h4-10,13,16H,11-12,14-15,29H2,1-3H3/b25-24-. The molecule has 3 heterocycles. The van der Waals surface area contributed by atoms with Crippen molar-refractivity contribution >= 4 is 28.4 Å². The maximum atomic E-state index is 6.57. The zero-order chi connectivity index (χ0) is 24.8. The number of anilines is 1. The summed E-state index contributed by atoms with van der Waals surface area (Å²) in [6, 6.07) is 16.6. The van der Waals surface area contributed by atoms with Crippen LogP contribution in [0.2, 0.25) is 0 Å². The van der Waals surface area contributed by atoms with Crippen LogP contribution in [-0.2, 0) is 13.1 Å². The minimum atomic E-state index is 0.574. The zero-order valence-electron chi connectivity index (χ0n) is 20.7. The Labute approximate surface area is 214 Å². The van der Waals surface area contributed by atoms with E-state index in [2.05, 4.69) is 52.0 Å². The quantitative estimate of drug-likeness (QED) is 0.382. The lowest BCUT2D eigenvalue weighted by Crippen LogP contribution is -2.28. The largest absolute Gasteiger partial charge is 0.491 e. The van der Waals surface area contributed by atoms with Gasteiger partial charge in [0.1, 0.15) is 24.0 Å². The number of rotatable bonds is 5. The first-order chi connectivity index (χ1) is 17.5. The normalized spacial score (nSPS) is 15.7. The summed E-state index contributed by atoms with van der Waals surface area (Å²) < 4.78 is 6.17. The number of benzene rings is 2. The number of thiazole rings is 1. The lowest BCUT2D eigenvalue weighted by Gasteiger charge is -2.26. The smallest absolute Gasteiger partial charge is 0.144 e. The highest BCUT2D eigenvalue weighted by Crippen LogP contribution is 2.48. The van der Waals surface area contributed by atoms with E-state index >= 15 is 0 Å². The van der Waals surface area contributed by atoms with Gasteiger partial charge in [0.25, 0.3) is 0 Å². The number of nitrogens with zero attached hydrogens (tertiary/aromatic N) is 5. The van der Waals surface area contributed by atoms with Crippen molar-refractivity contribution < 1.29 is 4.74 Å². The van der Waals surface area contributed by atoms with E-state index in [0.717, 1.165) is 68.8 Å². The van der Waals surface area contributed by atoms with Gasteiger partial charge in [-0.3, -0.25) is 0 Å². The van der Waals surface area contributed by atoms with Gasteiger partial charge in [0.05, 0.1) is 34.9 Å². The third-order valence-electron chi connectivity index (χ3n) is 6.53. The number of ether oxygens (including phenoxy) is 1. The fraction of sp³-hybridized carbons (Fsp3) is 0.250. The van der Waals surface area contributed by atoms with Gasteiger partial charge in [-0.2, -0.15) is 0 Å². The van der Waals surface area contributed by atoms with Gasteiger partial charge >= 0.3 is 0 Å². The molecule has 2 N–H and O–H groups in total. The van der Waals surface area contributed by atoms with Gasteiger partial charge in [-0.05, 0) is 50.3 Å². The molecular formula is C28H28N6OS. The van der Waals surface area contributed by atoms with Crippen LogP contribution in [0.25, 0.3) is 22.4 Å². The van der Waals surface area contributed by atoms with Crippen LogP contribution in [0.15, 0.2) is 54.0 Å². The van der Waals surface area contributed by atoms with Crippen molar-refractivity contribution in [2.24, 2.45) is 5.73 Å². The molecule has 1 aliphatic heterocycles. The topological polar surface area (TPSA) is 80.4 Å². The van der Waals surface area contributed by atoms with E-state index in [1.54, 1.807) is 11.3 Å². The van der Waals surface area contributed by atoms with Gasteiger partial charge in [-0.1, -0.05) is 30.3 Å². The predicted octanol–water partition coefficient (Wildman–Crippen LogP) is 4.56. The van der Waals surface area contributed by atoms with Gasteiger partial charge in [0, 0.05) is 28.9 Å². The second-order valence-electron chi connectivity index (χ2n) is 9.44. The maximum Gasteiger partial charge on any atom is 0.144 e. The summed E-state index contributed by atoms with van der Waals surface area (Å²) in [6.07, 6.45) is 0. The van der Waals surface area contributed by atoms with Crippen LogP contribution in [0, 0.1) is 6.92 Å². The van der Waals surface area contributed by atoms with Crippen LogP contribution in [0.3, 0.4) is 0 Å². The summed E-state index contributed by atoms with van der Waals surface area (Å²) in [7, 11) is 4.07. The van der Waals surface area contributed by atoms with Crippen molar-refractivity contribution in [2.75, 3.05) is 32.1 Å². The molecule has 2 aromatic heterocycles. The minimum Gasteiger partial charge on any atom is -0.491 e. The van der Waals surface area contributed by atoms with Crippen LogP contribution in [0.5, 0.6) is 5.75 Å². The molecule has 0 bridgehead atoms. The van der Waals surface area contributed by atoms with E-state index in [1.165, 1.54) is 4.88 Å². The van der Waals surface area contributed by atoms with Crippen LogP contribution < -0.4 is 15.4 Å². The van der Waals surface area contributed by atoms with Crippen molar-refractivity contribution in [1.29, 1.82) is 0 Å². The van der Waals surface area contributed by atoms with Gasteiger partial charge < -0.3 is 20.3 Å². The lowest BCUT2D eigenvalue weighted by molar-refractivity contribution is 0.331. The molecule has 0 spiro atoms. The van der Waals surface area contributed by atoms with Crippen molar-refractivity contribution in [1.82, 2.24) is 19.9 Å². The third kappa shape index (κ3) is 4.12. The number of aryl methyl sites for hydroxylation is 1. The molecular weight excluding hydrogens is 468 g/mol. The molecule has 7 nitrogen and oxygen atoms in total. The summed E-state index contributed by atoms with van der Waals surface area (Å²) in [4.78, 5) is 19.9. The predicted molar refractivity (Wildman–Crippen MR) is 145 cm³/mol. The van der Waals surface area contributed by atoms with E-state index in [9.17, 15) is 0 Å². The molecule has 0 saturated heterocycles. The van der Waals surface area contributed by atoms with Crippen molar-refractivity contribution in [2.45, 2.75) is 20.0 Å².